The van der Waals surface area contributed by atoms with Crippen LogP contribution in [0.2, 0.25) is 0 Å². The Balaban J connectivity index is 3.24. The van der Waals surface area contributed by atoms with Crippen molar-refractivity contribution in [3.05, 3.63) is 35.9 Å². The van der Waals surface area contributed by atoms with Crippen LogP contribution in [0.3, 0.4) is 0 Å². The second-order valence-corrected chi connectivity index (χ2v) is 9.43. The predicted octanol–water partition coefficient (Wildman–Crippen LogP) is 3.94. The molecule has 0 aliphatic rings. The number of carbonyl (C=O) groups is 3. The Bertz CT molecular complexity index is 749. The molecule has 8 nitrogen and oxygen atoms in total. The van der Waals surface area contributed by atoms with E-state index in [4.69, 9.17) is 4.74 Å². The highest BCUT2D eigenvalue weighted by Gasteiger charge is 2.35. The first-order chi connectivity index (χ1) is 16.1. The molecule has 2 atom stereocenters. The highest BCUT2D eigenvalue weighted by Crippen LogP contribution is 2.23. The number of aliphatic hydroxyl groups is 1. The van der Waals surface area contributed by atoms with Crippen LogP contribution in [0.15, 0.2) is 30.3 Å². The summed E-state index contributed by atoms with van der Waals surface area (Å²) in [6, 6.07) is 7.02. The molecule has 0 aliphatic carbocycles. The van der Waals surface area contributed by atoms with Crippen LogP contribution in [0.25, 0.3) is 0 Å². The highest BCUT2D eigenvalue weighted by atomic mass is 16.6. The van der Waals surface area contributed by atoms with Crippen LogP contribution in [-0.4, -0.2) is 59.3 Å². The molecule has 2 unspecified atom stereocenters. The fourth-order valence-corrected chi connectivity index (χ4v) is 3.50. The number of alkyl carbamates (subject to hydrolysis) is 1. The van der Waals surface area contributed by atoms with Crippen molar-refractivity contribution in [1.29, 1.82) is 0 Å². The molecule has 1 aromatic carbocycles. The van der Waals surface area contributed by atoms with Crippen molar-refractivity contribution in [3.63, 3.8) is 0 Å². The molecule has 0 bridgehead atoms. The Labute approximate surface area is 204 Å². The number of aliphatic hydroxyl groups excluding tert-OH is 1. The van der Waals surface area contributed by atoms with Crippen LogP contribution in [0.5, 0.6) is 0 Å². The number of carbonyl (C=O) groups excluding carboxylic acids is 3. The predicted molar refractivity (Wildman–Crippen MR) is 133 cm³/mol. The van der Waals surface area contributed by atoms with E-state index in [2.05, 4.69) is 17.6 Å². The van der Waals surface area contributed by atoms with Gasteiger partial charge in [-0.25, -0.2) is 4.79 Å². The number of unbranched alkanes of at least 4 members (excludes halogenated alkanes) is 4. The molecule has 34 heavy (non-hydrogen) atoms. The third-order valence-corrected chi connectivity index (χ3v) is 5.21. The number of ether oxygens (including phenoxy) is 1. The van der Waals surface area contributed by atoms with Crippen molar-refractivity contribution in [2.75, 3.05) is 19.7 Å². The molecule has 0 saturated carbocycles. The van der Waals surface area contributed by atoms with Crippen molar-refractivity contribution in [1.82, 2.24) is 15.5 Å². The quantitative estimate of drug-likeness (QED) is 0.352. The molecular weight excluding hydrogens is 434 g/mol. The van der Waals surface area contributed by atoms with E-state index in [9.17, 15) is 19.5 Å². The maximum Gasteiger partial charge on any atom is 0.408 e. The lowest BCUT2D eigenvalue weighted by Gasteiger charge is -2.34. The molecular formula is C26H43N3O5. The minimum Gasteiger partial charge on any atom is -0.444 e. The van der Waals surface area contributed by atoms with Crippen molar-refractivity contribution in [2.45, 2.75) is 90.8 Å². The largest absolute Gasteiger partial charge is 0.444 e. The molecule has 1 aromatic rings. The Morgan fingerprint density at radius 1 is 1.00 bits per heavy atom. The molecule has 0 aliphatic heterocycles. The van der Waals surface area contributed by atoms with Crippen LogP contribution in [0.1, 0.15) is 84.7 Å². The van der Waals surface area contributed by atoms with Gasteiger partial charge < -0.3 is 25.4 Å². The minimum absolute atomic E-state index is 0.280. The first-order valence-electron chi connectivity index (χ1n) is 12.4. The molecule has 1 rings (SSSR count). The van der Waals surface area contributed by atoms with Crippen LogP contribution < -0.4 is 10.6 Å². The summed E-state index contributed by atoms with van der Waals surface area (Å²) in [6.07, 6.45) is 4.62. The lowest BCUT2D eigenvalue weighted by molar-refractivity contribution is -0.143. The van der Waals surface area contributed by atoms with E-state index in [1.165, 1.54) is 4.90 Å². The lowest BCUT2D eigenvalue weighted by atomic mass is 10.0. The number of rotatable bonds is 14. The molecule has 3 amide bonds. The monoisotopic (exact) mass is 477 g/mol. The van der Waals surface area contributed by atoms with Gasteiger partial charge in [-0.15, -0.1) is 0 Å². The summed E-state index contributed by atoms with van der Waals surface area (Å²) in [4.78, 5) is 40.7. The van der Waals surface area contributed by atoms with E-state index in [-0.39, 0.29) is 5.91 Å². The fraction of sp³-hybridized carbons (Fsp3) is 0.654. The summed E-state index contributed by atoms with van der Waals surface area (Å²) in [5.41, 5.74) is -0.0760. The Kier molecular flexibility index (Phi) is 13.3. The molecule has 0 saturated heterocycles. The van der Waals surface area contributed by atoms with E-state index >= 15 is 0 Å². The fourth-order valence-electron chi connectivity index (χ4n) is 3.50. The van der Waals surface area contributed by atoms with Gasteiger partial charge >= 0.3 is 6.09 Å². The third-order valence-electron chi connectivity index (χ3n) is 5.21. The van der Waals surface area contributed by atoms with Gasteiger partial charge in [-0.05, 0) is 39.2 Å². The number of benzene rings is 1. The Morgan fingerprint density at radius 2 is 1.65 bits per heavy atom. The third kappa shape index (κ3) is 10.5. The molecule has 192 valence electrons. The summed E-state index contributed by atoms with van der Waals surface area (Å²) >= 11 is 0. The minimum atomic E-state index is -1.23. The van der Waals surface area contributed by atoms with Gasteiger partial charge in [-0.1, -0.05) is 69.9 Å². The van der Waals surface area contributed by atoms with Gasteiger partial charge in [0.1, 0.15) is 17.7 Å². The van der Waals surface area contributed by atoms with Gasteiger partial charge in [0.05, 0.1) is 6.61 Å². The van der Waals surface area contributed by atoms with E-state index in [0.717, 1.165) is 32.1 Å². The van der Waals surface area contributed by atoms with Crippen molar-refractivity contribution in [3.8, 4) is 0 Å². The van der Waals surface area contributed by atoms with Gasteiger partial charge in [0.25, 0.3) is 0 Å². The lowest BCUT2D eigenvalue weighted by Crippen LogP contribution is -2.54. The van der Waals surface area contributed by atoms with Crippen molar-refractivity contribution in [2.24, 2.45) is 0 Å². The topological polar surface area (TPSA) is 108 Å². The first kappa shape index (κ1) is 29.4. The van der Waals surface area contributed by atoms with E-state index in [1.807, 2.05) is 37.3 Å². The molecule has 0 heterocycles. The van der Waals surface area contributed by atoms with Gasteiger partial charge in [0.2, 0.25) is 11.8 Å². The molecule has 0 aromatic heterocycles. The molecule has 8 heteroatoms. The van der Waals surface area contributed by atoms with Gasteiger partial charge in [-0.2, -0.15) is 0 Å². The van der Waals surface area contributed by atoms with Gasteiger partial charge in [0.15, 0.2) is 0 Å². The highest BCUT2D eigenvalue weighted by molar-refractivity contribution is 5.92. The van der Waals surface area contributed by atoms with E-state index < -0.39 is 36.3 Å². The maximum absolute atomic E-state index is 13.6. The number of nitrogens with zero attached hydrogens (tertiary/aromatic N) is 1. The van der Waals surface area contributed by atoms with Crippen LogP contribution >= 0.6 is 0 Å². The zero-order valence-corrected chi connectivity index (χ0v) is 21.4. The maximum atomic E-state index is 13.6. The average Bonchev–Trinajstić information content (AvgIpc) is 2.78. The summed E-state index contributed by atoms with van der Waals surface area (Å²) in [5.74, 6) is -0.804. The normalized spacial score (nSPS) is 13.0. The van der Waals surface area contributed by atoms with E-state index in [1.54, 1.807) is 20.8 Å². The Morgan fingerprint density at radius 3 is 2.21 bits per heavy atom. The zero-order chi connectivity index (χ0) is 25.6. The van der Waals surface area contributed by atoms with Gasteiger partial charge in [-0.3, -0.25) is 9.59 Å². The number of hydrogen-bond acceptors (Lipinski definition) is 5. The van der Waals surface area contributed by atoms with Crippen molar-refractivity contribution >= 4 is 17.9 Å². The van der Waals surface area contributed by atoms with Crippen LogP contribution in [0, 0.1) is 0 Å². The second-order valence-electron chi connectivity index (χ2n) is 9.43. The zero-order valence-electron chi connectivity index (χ0n) is 21.4. The molecule has 0 fully saturated rings. The Hall–Kier alpha value is -2.61. The number of hydrogen-bond donors (Lipinski definition) is 3. The molecule has 0 spiro atoms. The van der Waals surface area contributed by atoms with Crippen LogP contribution in [0.4, 0.5) is 4.79 Å². The SMILES string of the molecule is CCCCCCN(C(=O)C(CO)NC(=O)OC(C)(C)C)C(C(=O)NCCCC)c1ccccc1. The van der Waals surface area contributed by atoms with E-state index in [0.29, 0.717) is 25.1 Å². The summed E-state index contributed by atoms with van der Waals surface area (Å²) < 4.78 is 5.26. The summed E-state index contributed by atoms with van der Waals surface area (Å²) in [6.45, 7) is 9.52. The van der Waals surface area contributed by atoms with Crippen molar-refractivity contribution < 1.29 is 24.2 Å². The molecule has 3 N–H and O–H groups in total. The summed E-state index contributed by atoms with van der Waals surface area (Å²) in [7, 11) is 0. The standard InChI is InChI=1S/C26H43N3O5/c1-6-8-10-14-18-29(24(32)21(19-30)28-25(33)34-26(3,4)5)22(20-15-12-11-13-16-20)23(31)27-17-9-7-2/h11-13,15-16,21-22,30H,6-10,14,17-19H2,1-5H3,(H,27,31)(H,28,33). The van der Waals surface area contributed by atoms with Gasteiger partial charge in [0, 0.05) is 13.1 Å². The number of nitrogens with one attached hydrogen (secondary N) is 2. The average molecular weight is 478 g/mol. The number of amides is 3. The summed E-state index contributed by atoms with van der Waals surface area (Å²) in [5, 5.41) is 15.4. The van der Waals surface area contributed by atoms with Crippen LogP contribution in [-0.2, 0) is 14.3 Å². The second kappa shape index (κ2) is 15.3. The molecule has 0 radical (unpaired) electrons. The first-order valence-corrected chi connectivity index (χ1v) is 12.4. The smallest absolute Gasteiger partial charge is 0.408 e.